The summed E-state index contributed by atoms with van der Waals surface area (Å²) < 4.78 is 72.4. The fourth-order valence-corrected chi connectivity index (χ4v) is 2.70. The van der Waals surface area contributed by atoms with Crippen molar-refractivity contribution < 1.29 is 31.5 Å². The zero-order valence-corrected chi connectivity index (χ0v) is 13.4. The number of alkyl halides is 3. The second kappa shape index (κ2) is 6.47. The predicted molar refractivity (Wildman–Crippen MR) is 84.0 cm³/mol. The van der Waals surface area contributed by atoms with Crippen molar-refractivity contribution in [1.29, 1.82) is 0 Å². The van der Waals surface area contributed by atoms with Crippen molar-refractivity contribution in [3.8, 4) is 5.75 Å². The Morgan fingerprint density at radius 3 is 2.46 bits per heavy atom. The van der Waals surface area contributed by atoms with E-state index in [0.29, 0.717) is 0 Å². The Morgan fingerprint density at radius 2 is 1.85 bits per heavy atom. The van der Waals surface area contributed by atoms with Gasteiger partial charge in [-0.2, -0.15) is 13.2 Å². The summed E-state index contributed by atoms with van der Waals surface area (Å²) in [6.07, 6.45) is -4.68. The monoisotopic (exact) mass is 372 g/mol. The van der Waals surface area contributed by atoms with Crippen molar-refractivity contribution in [1.82, 2.24) is 0 Å². The molecule has 1 heterocycles. The molecule has 0 saturated heterocycles. The molecule has 1 atom stereocenters. The maximum Gasteiger partial charge on any atom is 0.416 e. The highest BCUT2D eigenvalue weighted by Gasteiger charge is 2.34. The maximum atomic E-state index is 13.9. The highest BCUT2D eigenvalue weighted by atomic mass is 19.4. The number of carbonyl (C=O) groups is 1. The van der Waals surface area contributed by atoms with E-state index >= 15 is 0 Å². The molecule has 26 heavy (non-hydrogen) atoms. The predicted octanol–water partition coefficient (Wildman–Crippen LogP) is 4.49. The number of ether oxygens (including phenoxy) is 1. The van der Waals surface area contributed by atoms with Crippen molar-refractivity contribution in [2.45, 2.75) is 19.1 Å². The second-order valence-electron chi connectivity index (χ2n) is 5.74. The molecule has 9 heteroatoms. The average molecular weight is 372 g/mol. The zero-order valence-electron chi connectivity index (χ0n) is 13.4. The largest absolute Gasteiger partial charge is 0.479 e. The van der Waals surface area contributed by atoms with Crippen molar-refractivity contribution in [3.63, 3.8) is 0 Å². The van der Waals surface area contributed by atoms with Gasteiger partial charge in [-0.25, -0.2) is 8.78 Å². The highest BCUT2D eigenvalue weighted by Crippen LogP contribution is 2.43. The average Bonchev–Trinajstić information content (AvgIpc) is 2.53. The number of nitrogens with one attached hydrogen (secondary N) is 2. The minimum Gasteiger partial charge on any atom is -0.479 e. The molecule has 0 bridgehead atoms. The SMILES string of the molecule is CC(Nc1cc(C(F)(F)F)cc2c1OCC(=O)N2)c1c(F)cccc1F. The van der Waals surface area contributed by atoms with Gasteiger partial charge in [0.2, 0.25) is 0 Å². The summed E-state index contributed by atoms with van der Waals surface area (Å²) in [7, 11) is 0. The lowest BCUT2D eigenvalue weighted by atomic mass is 10.0. The Morgan fingerprint density at radius 1 is 1.19 bits per heavy atom. The molecule has 1 aliphatic heterocycles. The summed E-state index contributed by atoms with van der Waals surface area (Å²) in [6, 6.07) is 3.80. The minimum atomic E-state index is -4.68. The van der Waals surface area contributed by atoms with Crippen LogP contribution in [0.2, 0.25) is 0 Å². The number of benzene rings is 2. The molecule has 2 aromatic carbocycles. The minimum absolute atomic E-state index is 0.0267. The Labute approximate surface area is 145 Å². The van der Waals surface area contributed by atoms with E-state index in [1.54, 1.807) is 0 Å². The molecule has 1 aliphatic rings. The maximum absolute atomic E-state index is 13.9. The van der Waals surface area contributed by atoms with Crippen molar-refractivity contribution in [2.75, 3.05) is 17.2 Å². The van der Waals surface area contributed by atoms with E-state index in [9.17, 15) is 26.7 Å². The summed E-state index contributed by atoms with van der Waals surface area (Å²) in [5, 5.41) is 4.94. The molecule has 1 unspecified atom stereocenters. The Hall–Kier alpha value is -2.84. The quantitative estimate of drug-likeness (QED) is 0.781. The van der Waals surface area contributed by atoms with Crippen LogP contribution in [0.4, 0.5) is 33.3 Å². The van der Waals surface area contributed by atoms with Gasteiger partial charge in [0, 0.05) is 5.56 Å². The summed E-state index contributed by atoms with van der Waals surface area (Å²) in [5.74, 6) is -2.29. The van der Waals surface area contributed by atoms with E-state index in [4.69, 9.17) is 4.74 Å². The molecule has 3 rings (SSSR count). The Bertz CT molecular complexity index is 847. The van der Waals surface area contributed by atoms with Crippen molar-refractivity contribution in [2.24, 2.45) is 0 Å². The molecular formula is C17H13F5N2O2. The van der Waals surface area contributed by atoms with E-state index < -0.39 is 35.3 Å². The molecule has 0 fully saturated rings. The van der Waals surface area contributed by atoms with E-state index in [1.807, 2.05) is 0 Å². The molecule has 2 aromatic rings. The number of halogens is 5. The first kappa shape index (κ1) is 18.0. The van der Waals surface area contributed by atoms with Gasteiger partial charge in [0.05, 0.1) is 23.0 Å². The van der Waals surface area contributed by atoms with Gasteiger partial charge in [-0.3, -0.25) is 4.79 Å². The number of fused-ring (bicyclic) bond motifs is 1. The number of rotatable bonds is 3. The van der Waals surface area contributed by atoms with Crippen LogP contribution in [0.1, 0.15) is 24.1 Å². The molecule has 1 amide bonds. The molecule has 0 radical (unpaired) electrons. The third kappa shape index (κ3) is 3.42. The van der Waals surface area contributed by atoms with Crippen LogP contribution in [0.3, 0.4) is 0 Å². The van der Waals surface area contributed by atoms with Crippen LogP contribution in [0.15, 0.2) is 30.3 Å². The third-order valence-electron chi connectivity index (χ3n) is 3.84. The standard InChI is InChI=1S/C17H13F5N2O2/c1-8(15-10(18)3-2-4-11(15)19)23-12-5-9(17(20,21)22)6-13-16(12)26-7-14(25)24-13/h2-6,8,23H,7H2,1H3,(H,24,25). The molecule has 0 aromatic heterocycles. The van der Waals surface area contributed by atoms with Gasteiger partial charge in [0.1, 0.15) is 11.6 Å². The molecular weight excluding hydrogens is 359 g/mol. The van der Waals surface area contributed by atoms with Crippen LogP contribution >= 0.6 is 0 Å². The normalized spacial score (nSPS) is 14.9. The van der Waals surface area contributed by atoms with Gasteiger partial charge in [-0.1, -0.05) is 6.07 Å². The van der Waals surface area contributed by atoms with Gasteiger partial charge in [-0.15, -0.1) is 0 Å². The zero-order chi connectivity index (χ0) is 19.1. The number of hydrogen-bond acceptors (Lipinski definition) is 3. The third-order valence-corrected chi connectivity index (χ3v) is 3.84. The fourth-order valence-electron chi connectivity index (χ4n) is 2.70. The van der Waals surface area contributed by atoms with Crippen molar-refractivity contribution in [3.05, 3.63) is 53.1 Å². The van der Waals surface area contributed by atoms with Gasteiger partial charge in [0.15, 0.2) is 12.4 Å². The summed E-state index contributed by atoms with van der Waals surface area (Å²) in [4.78, 5) is 11.4. The van der Waals surface area contributed by atoms with Crippen LogP contribution in [0.5, 0.6) is 5.75 Å². The lowest BCUT2D eigenvalue weighted by Crippen LogP contribution is -2.27. The number of amides is 1. The number of anilines is 2. The van der Waals surface area contributed by atoms with Crippen LogP contribution < -0.4 is 15.4 Å². The van der Waals surface area contributed by atoms with E-state index in [-0.39, 0.29) is 29.3 Å². The summed E-state index contributed by atoms with van der Waals surface area (Å²) in [5.41, 5.74) is -1.66. The molecule has 0 spiro atoms. The van der Waals surface area contributed by atoms with Crippen LogP contribution in [-0.2, 0) is 11.0 Å². The summed E-state index contributed by atoms with van der Waals surface area (Å²) in [6.45, 7) is 1.02. The summed E-state index contributed by atoms with van der Waals surface area (Å²) >= 11 is 0. The molecule has 0 aliphatic carbocycles. The second-order valence-corrected chi connectivity index (χ2v) is 5.74. The van der Waals surface area contributed by atoms with Gasteiger partial charge in [0.25, 0.3) is 5.91 Å². The van der Waals surface area contributed by atoms with Gasteiger partial charge < -0.3 is 15.4 Å². The van der Waals surface area contributed by atoms with Crippen LogP contribution in [0, 0.1) is 11.6 Å². The van der Waals surface area contributed by atoms with Crippen LogP contribution in [-0.4, -0.2) is 12.5 Å². The van der Waals surface area contributed by atoms with Gasteiger partial charge in [-0.05, 0) is 31.2 Å². The topological polar surface area (TPSA) is 50.4 Å². The van der Waals surface area contributed by atoms with Crippen LogP contribution in [0.25, 0.3) is 0 Å². The van der Waals surface area contributed by atoms with Gasteiger partial charge >= 0.3 is 6.18 Å². The molecule has 2 N–H and O–H groups in total. The number of hydrogen-bond donors (Lipinski definition) is 2. The lowest BCUT2D eigenvalue weighted by molar-refractivity contribution is -0.137. The first-order valence-corrected chi connectivity index (χ1v) is 7.55. The highest BCUT2D eigenvalue weighted by molar-refractivity contribution is 5.97. The van der Waals surface area contributed by atoms with E-state index in [0.717, 1.165) is 24.3 Å². The first-order chi connectivity index (χ1) is 12.2. The first-order valence-electron chi connectivity index (χ1n) is 7.55. The van der Waals surface area contributed by atoms with E-state index in [1.165, 1.54) is 13.0 Å². The molecule has 4 nitrogen and oxygen atoms in total. The Balaban J connectivity index is 2.04. The molecule has 138 valence electrons. The molecule has 0 saturated carbocycles. The fraction of sp³-hybridized carbons (Fsp3) is 0.235. The number of carbonyl (C=O) groups excluding carboxylic acids is 1. The lowest BCUT2D eigenvalue weighted by Gasteiger charge is -2.25. The van der Waals surface area contributed by atoms with Crippen molar-refractivity contribution >= 4 is 17.3 Å². The Kier molecular flexibility index (Phi) is 4.47. The van der Waals surface area contributed by atoms with E-state index in [2.05, 4.69) is 10.6 Å². The smallest absolute Gasteiger partial charge is 0.416 e.